The van der Waals surface area contributed by atoms with Gasteiger partial charge in [-0.15, -0.1) is 0 Å². The van der Waals surface area contributed by atoms with Crippen LogP contribution in [0.3, 0.4) is 0 Å². The second-order valence-corrected chi connectivity index (χ2v) is 5.13. The Morgan fingerprint density at radius 2 is 2.00 bits per heavy atom. The molecule has 0 aromatic heterocycles. The van der Waals surface area contributed by atoms with Crippen molar-refractivity contribution >= 4 is 11.9 Å². The Hall–Kier alpha value is -1.92. The van der Waals surface area contributed by atoms with E-state index in [0.29, 0.717) is 5.56 Å². The van der Waals surface area contributed by atoms with Crippen molar-refractivity contribution in [2.24, 2.45) is 0 Å². The Morgan fingerprint density at radius 1 is 1.24 bits per heavy atom. The molecule has 114 valence electrons. The first-order chi connectivity index (χ1) is 10.2. The predicted octanol–water partition coefficient (Wildman–Crippen LogP) is 0.224. The minimum absolute atomic E-state index is 0.234. The molecule has 1 aromatic carbocycles. The van der Waals surface area contributed by atoms with Crippen molar-refractivity contribution in [3.63, 3.8) is 0 Å². The van der Waals surface area contributed by atoms with Crippen LogP contribution in [0.25, 0.3) is 0 Å². The maximum atomic E-state index is 12.1. The molecule has 1 saturated heterocycles. The lowest BCUT2D eigenvalue weighted by Crippen LogP contribution is -2.42. The molecule has 0 radical (unpaired) electrons. The largest absolute Gasteiger partial charge is 0.479 e. The number of nitrogens with zero attached hydrogens (tertiary/aromatic N) is 1. The predicted molar refractivity (Wildman–Crippen MR) is 78.9 cm³/mol. The van der Waals surface area contributed by atoms with Gasteiger partial charge >= 0.3 is 5.97 Å². The van der Waals surface area contributed by atoms with Crippen LogP contribution < -0.4 is 10.6 Å². The van der Waals surface area contributed by atoms with Crippen LogP contribution in [-0.4, -0.2) is 54.6 Å². The summed E-state index contributed by atoms with van der Waals surface area (Å²) in [5.41, 5.74) is 0.580. The molecule has 1 aliphatic rings. The molecule has 1 unspecified atom stereocenters. The first-order valence-corrected chi connectivity index (χ1v) is 7.17. The molecule has 2 rings (SSSR count). The summed E-state index contributed by atoms with van der Waals surface area (Å²) in [5.74, 6) is -1.31. The van der Waals surface area contributed by atoms with Gasteiger partial charge in [0.15, 0.2) is 6.04 Å². The number of carboxylic acid groups (broad SMARTS) is 1. The Labute approximate surface area is 124 Å². The molecule has 0 saturated carbocycles. The van der Waals surface area contributed by atoms with Crippen LogP contribution in [0.4, 0.5) is 0 Å². The highest BCUT2D eigenvalue weighted by molar-refractivity contribution is 5.85. The van der Waals surface area contributed by atoms with Gasteiger partial charge in [0.25, 0.3) is 0 Å². The molecule has 0 aliphatic carbocycles. The molecule has 1 fully saturated rings. The van der Waals surface area contributed by atoms with Crippen molar-refractivity contribution < 1.29 is 14.7 Å². The first-order valence-electron chi connectivity index (χ1n) is 7.17. The average molecular weight is 291 g/mol. The monoisotopic (exact) mass is 291 g/mol. The molecule has 21 heavy (non-hydrogen) atoms. The Balaban J connectivity index is 1.94. The summed E-state index contributed by atoms with van der Waals surface area (Å²) >= 11 is 0. The summed E-state index contributed by atoms with van der Waals surface area (Å²) in [6.07, 6.45) is 0.994. The number of rotatable bonds is 5. The molecule has 0 bridgehead atoms. The molecule has 1 heterocycles. The number of carboxylic acids is 1. The highest BCUT2D eigenvalue weighted by Crippen LogP contribution is 2.12. The number of amides is 1. The average Bonchev–Trinajstić information content (AvgIpc) is 2.74. The number of benzene rings is 1. The topological polar surface area (TPSA) is 81.7 Å². The van der Waals surface area contributed by atoms with Crippen molar-refractivity contribution in [1.29, 1.82) is 0 Å². The lowest BCUT2D eigenvalue weighted by atomic mass is 10.1. The van der Waals surface area contributed by atoms with Gasteiger partial charge < -0.3 is 15.7 Å². The SMILES string of the molecule is O=C(CN1CCCNCC1)NC(C(=O)O)c1ccccc1. The normalized spacial score (nSPS) is 17.7. The zero-order chi connectivity index (χ0) is 15.1. The number of carbonyl (C=O) groups excluding carboxylic acids is 1. The van der Waals surface area contributed by atoms with Crippen LogP contribution in [-0.2, 0) is 9.59 Å². The van der Waals surface area contributed by atoms with E-state index in [-0.39, 0.29) is 12.5 Å². The van der Waals surface area contributed by atoms with E-state index in [2.05, 4.69) is 10.6 Å². The third kappa shape index (κ3) is 4.84. The van der Waals surface area contributed by atoms with E-state index in [1.165, 1.54) is 0 Å². The Morgan fingerprint density at radius 3 is 2.71 bits per heavy atom. The molecule has 0 spiro atoms. The van der Waals surface area contributed by atoms with Gasteiger partial charge in [0.1, 0.15) is 0 Å². The minimum Gasteiger partial charge on any atom is -0.479 e. The van der Waals surface area contributed by atoms with Crippen molar-refractivity contribution in [1.82, 2.24) is 15.5 Å². The summed E-state index contributed by atoms with van der Waals surface area (Å²) in [6.45, 7) is 3.70. The van der Waals surface area contributed by atoms with E-state index in [9.17, 15) is 14.7 Å². The molecule has 6 heteroatoms. The van der Waals surface area contributed by atoms with Gasteiger partial charge in [0.05, 0.1) is 6.54 Å². The third-order valence-electron chi connectivity index (χ3n) is 3.49. The van der Waals surface area contributed by atoms with Crippen molar-refractivity contribution in [3.8, 4) is 0 Å². The van der Waals surface area contributed by atoms with Gasteiger partial charge in [0, 0.05) is 13.1 Å². The molecular weight excluding hydrogens is 270 g/mol. The Bertz CT molecular complexity index is 470. The minimum atomic E-state index is -1.05. The van der Waals surface area contributed by atoms with E-state index in [4.69, 9.17) is 0 Å². The Kier molecular flexibility index (Phi) is 5.71. The third-order valence-corrected chi connectivity index (χ3v) is 3.49. The van der Waals surface area contributed by atoms with Gasteiger partial charge in [-0.05, 0) is 25.1 Å². The second kappa shape index (κ2) is 7.75. The van der Waals surface area contributed by atoms with Crippen LogP contribution in [0.15, 0.2) is 30.3 Å². The van der Waals surface area contributed by atoms with Crippen LogP contribution in [0.2, 0.25) is 0 Å². The van der Waals surface area contributed by atoms with Gasteiger partial charge in [-0.3, -0.25) is 9.69 Å². The van der Waals surface area contributed by atoms with Gasteiger partial charge in [-0.1, -0.05) is 30.3 Å². The highest BCUT2D eigenvalue weighted by atomic mass is 16.4. The van der Waals surface area contributed by atoms with Crippen molar-refractivity contribution in [2.45, 2.75) is 12.5 Å². The lowest BCUT2D eigenvalue weighted by Gasteiger charge is -2.21. The summed E-state index contributed by atoms with van der Waals surface area (Å²) in [5, 5.41) is 15.2. The van der Waals surface area contributed by atoms with Crippen molar-refractivity contribution in [3.05, 3.63) is 35.9 Å². The van der Waals surface area contributed by atoms with Gasteiger partial charge in [-0.25, -0.2) is 4.79 Å². The fourth-order valence-corrected chi connectivity index (χ4v) is 2.40. The van der Waals surface area contributed by atoms with E-state index < -0.39 is 12.0 Å². The molecule has 1 atom stereocenters. The number of carbonyl (C=O) groups is 2. The fraction of sp³-hybridized carbons (Fsp3) is 0.467. The fourth-order valence-electron chi connectivity index (χ4n) is 2.40. The van der Waals surface area contributed by atoms with E-state index in [1.54, 1.807) is 24.3 Å². The first kappa shape index (κ1) is 15.5. The number of aliphatic carboxylic acids is 1. The molecule has 1 amide bonds. The van der Waals surface area contributed by atoms with Crippen LogP contribution in [0, 0.1) is 0 Å². The van der Waals surface area contributed by atoms with Gasteiger partial charge in [-0.2, -0.15) is 0 Å². The number of nitrogens with one attached hydrogen (secondary N) is 2. The van der Waals surface area contributed by atoms with E-state index in [1.807, 2.05) is 11.0 Å². The zero-order valence-corrected chi connectivity index (χ0v) is 11.9. The van der Waals surface area contributed by atoms with Crippen LogP contribution >= 0.6 is 0 Å². The molecular formula is C15H21N3O3. The smallest absolute Gasteiger partial charge is 0.330 e. The van der Waals surface area contributed by atoms with Crippen LogP contribution in [0.1, 0.15) is 18.0 Å². The van der Waals surface area contributed by atoms with Crippen molar-refractivity contribution in [2.75, 3.05) is 32.7 Å². The molecule has 1 aromatic rings. The summed E-state index contributed by atoms with van der Waals surface area (Å²) in [4.78, 5) is 25.5. The van der Waals surface area contributed by atoms with Gasteiger partial charge in [0.2, 0.25) is 5.91 Å². The van der Waals surface area contributed by atoms with E-state index >= 15 is 0 Å². The second-order valence-electron chi connectivity index (χ2n) is 5.13. The molecule has 3 N–H and O–H groups in total. The maximum absolute atomic E-state index is 12.1. The molecule has 1 aliphatic heterocycles. The quantitative estimate of drug-likeness (QED) is 0.723. The zero-order valence-electron chi connectivity index (χ0n) is 11.9. The van der Waals surface area contributed by atoms with E-state index in [0.717, 1.165) is 32.6 Å². The lowest BCUT2D eigenvalue weighted by molar-refractivity contribution is -0.142. The molecule has 6 nitrogen and oxygen atoms in total. The maximum Gasteiger partial charge on any atom is 0.330 e. The summed E-state index contributed by atoms with van der Waals surface area (Å²) in [6, 6.07) is 7.75. The number of hydrogen-bond acceptors (Lipinski definition) is 4. The van der Waals surface area contributed by atoms with Crippen LogP contribution in [0.5, 0.6) is 0 Å². The summed E-state index contributed by atoms with van der Waals surface area (Å²) in [7, 11) is 0. The highest BCUT2D eigenvalue weighted by Gasteiger charge is 2.22. The standard InChI is InChI=1S/C15H21N3O3/c19-13(11-18-9-4-7-16-8-10-18)17-14(15(20)21)12-5-2-1-3-6-12/h1-3,5-6,14,16H,4,7-11H2,(H,17,19)(H,20,21). The number of hydrogen-bond donors (Lipinski definition) is 3. The summed E-state index contributed by atoms with van der Waals surface area (Å²) < 4.78 is 0.